The summed E-state index contributed by atoms with van der Waals surface area (Å²) in [5.74, 6) is 0.520. The number of amidine groups is 1. The van der Waals surface area contributed by atoms with Crippen molar-refractivity contribution in [1.29, 1.82) is 0 Å². The van der Waals surface area contributed by atoms with E-state index in [4.69, 9.17) is 23.1 Å². The van der Waals surface area contributed by atoms with Crippen LogP contribution in [-0.4, -0.2) is 28.3 Å². The monoisotopic (exact) mass is 238 g/mol. The fraction of sp³-hybridized carbons (Fsp3) is 0.222. The number of hydrazone groups is 1. The number of hydrazine groups is 2. The van der Waals surface area contributed by atoms with E-state index in [1.807, 2.05) is 24.3 Å². The molecule has 0 amide bonds. The lowest BCUT2D eigenvalue weighted by Crippen LogP contribution is -2.72. The maximum Gasteiger partial charge on any atom is 0.147 e. The van der Waals surface area contributed by atoms with E-state index in [9.17, 15) is 0 Å². The van der Waals surface area contributed by atoms with Gasteiger partial charge in [0.1, 0.15) is 18.0 Å². The highest BCUT2D eigenvalue weighted by Gasteiger charge is 2.53. The van der Waals surface area contributed by atoms with Crippen molar-refractivity contribution in [3.63, 3.8) is 0 Å². The summed E-state index contributed by atoms with van der Waals surface area (Å²) in [6, 6.07) is 7.37. The number of nitrogens with one attached hydrogen (secondary N) is 1. The molecule has 1 aromatic rings. The van der Waals surface area contributed by atoms with E-state index < -0.39 is 0 Å². The number of rotatable bonds is 2. The lowest BCUT2D eigenvalue weighted by Gasteiger charge is -2.46. The van der Waals surface area contributed by atoms with Crippen LogP contribution in [0.1, 0.15) is 0 Å². The summed E-state index contributed by atoms with van der Waals surface area (Å²) in [6.45, 7) is 0. The van der Waals surface area contributed by atoms with Crippen LogP contribution in [0.4, 0.5) is 5.69 Å². The van der Waals surface area contributed by atoms with Crippen LogP contribution in [0.15, 0.2) is 29.4 Å². The summed E-state index contributed by atoms with van der Waals surface area (Å²) in [6.07, 6.45) is -0.171. The Hall–Kier alpha value is -1.50. The normalized spacial score (nSPS) is 27.6. The molecule has 2 unspecified atom stereocenters. The molecule has 84 valence electrons. The topological polar surface area (TPSA) is 82.9 Å². The van der Waals surface area contributed by atoms with E-state index in [2.05, 4.69) is 10.5 Å². The Morgan fingerprint density at radius 2 is 2.12 bits per heavy atom. The molecule has 6 nitrogen and oxygen atoms in total. The molecule has 0 aliphatic carbocycles. The van der Waals surface area contributed by atoms with Crippen molar-refractivity contribution in [3.05, 3.63) is 29.3 Å². The maximum absolute atomic E-state index is 6.03. The van der Waals surface area contributed by atoms with Crippen LogP contribution in [0.25, 0.3) is 0 Å². The molecular weight excluding hydrogens is 228 g/mol. The molecular formula is C9H11ClN6. The van der Waals surface area contributed by atoms with Crippen LogP contribution < -0.4 is 16.9 Å². The van der Waals surface area contributed by atoms with Crippen LogP contribution in [0, 0.1) is 0 Å². The van der Waals surface area contributed by atoms with Crippen LogP contribution >= 0.6 is 11.6 Å². The summed E-state index contributed by atoms with van der Waals surface area (Å²) < 4.78 is 0. The van der Waals surface area contributed by atoms with E-state index in [-0.39, 0.29) is 12.2 Å². The molecule has 4 rings (SSSR count). The van der Waals surface area contributed by atoms with E-state index in [1.165, 1.54) is 0 Å². The zero-order chi connectivity index (χ0) is 11.3. The van der Waals surface area contributed by atoms with Crippen molar-refractivity contribution >= 4 is 23.1 Å². The van der Waals surface area contributed by atoms with Gasteiger partial charge in [0.15, 0.2) is 0 Å². The van der Waals surface area contributed by atoms with Gasteiger partial charge in [-0.25, -0.2) is 0 Å². The minimum absolute atomic E-state index is 0.0868. The predicted molar refractivity (Wildman–Crippen MR) is 62.1 cm³/mol. The van der Waals surface area contributed by atoms with Gasteiger partial charge in [-0.05, 0) is 12.1 Å². The summed E-state index contributed by atoms with van der Waals surface area (Å²) in [5.41, 5.74) is 15.4. The number of para-hydroxylation sites is 1. The molecule has 0 spiro atoms. The van der Waals surface area contributed by atoms with Gasteiger partial charge in [0.2, 0.25) is 0 Å². The molecule has 2 atom stereocenters. The smallest absolute Gasteiger partial charge is 0.147 e. The minimum Gasteiger partial charge on any atom is -0.384 e. The Kier molecular flexibility index (Phi) is 1.97. The molecule has 5 N–H and O–H groups in total. The zero-order valence-corrected chi connectivity index (χ0v) is 9.09. The highest BCUT2D eigenvalue weighted by molar-refractivity contribution is 6.33. The average Bonchev–Trinajstić information content (AvgIpc) is 2.74. The van der Waals surface area contributed by atoms with Gasteiger partial charge in [-0.2, -0.15) is 5.12 Å². The Morgan fingerprint density at radius 1 is 1.38 bits per heavy atom. The molecule has 3 aliphatic rings. The second kappa shape index (κ2) is 3.24. The van der Waals surface area contributed by atoms with Crippen LogP contribution in [0.2, 0.25) is 5.02 Å². The molecule has 1 aromatic carbocycles. The van der Waals surface area contributed by atoms with Crippen molar-refractivity contribution in [1.82, 2.24) is 10.2 Å². The third kappa shape index (κ3) is 1.18. The first kappa shape index (κ1) is 9.71. The number of hydrogen-bond acceptors (Lipinski definition) is 6. The van der Waals surface area contributed by atoms with E-state index in [1.54, 1.807) is 10.2 Å². The van der Waals surface area contributed by atoms with E-state index >= 15 is 0 Å². The van der Waals surface area contributed by atoms with Crippen molar-refractivity contribution in [2.75, 3.05) is 5.43 Å². The molecule has 7 heteroatoms. The van der Waals surface area contributed by atoms with Gasteiger partial charge in [0, 0.05) is 0 Å². The first-order valence-corrected chi connectivity index (χ1v) is 5.25. The fourth-order valence-electron chi connectivity index (χ4n) is 1.86. The quantitative estimate of drug-likeness (QED) is 0.683. The fourth-order valence-corrected chi connectivity index (χ4v) is 2.04. The Balaban J connectivity index is 1.78. The van der Waals surface area contributed by atoms with Crippen LogP contribution in [0.3, 0.4) is 0 Å². The molecule has 0 aromatic heterocycles. The SMILES string of the molecule is NC1=NN2C(N)C1N2Nc1ccccc1Cl. The third-order valence-electron chi connectivity index (χ3n) is 2.70. The van der Waals surface area contributed by atoms with Crippen molar-refractivity contribution in [2.24, 2.45) is 16.6 Å². The van der Waals surface area contributed by atoms with Gasteiger partial charge >= 0.3 is 0 Å². The first-order valence-electron chi connectivity index (χ1n) is 4.87. The number of nitrogens with zero attached hydrogens (tertiary/aromatic N) is 3. The molecule has 0 radical (unpaired) electrons. The molecule has 1 fully saturated rings. The summed E-state index contributed by atoms with van der Waals surface area (Å²) in [7, 11) is 0. The molecule has 3 aliphatic heterocycles. The van der Waals surface area contributed by atoms with Gasteiger partial charge in [0.05, 0.1) is 10.7 Å². The third-order valence-corrected chi connectivity index (χ3v) is 3.03. The standard InChI is InChI=1S/C9H11ClN6/c10-5-3-1-2-4-6(5)13-15-7-8(11)14-16(15)9(7)12/h1-4,7,9,13H,12H2,(H2,11,14). The Labute approximate surface area is 97.4 Å². The Bertz CT molecular complexity index is 461. The van der Waals surface area contributed by atoms with Gasteiger partial charge in [-0.15, -0.1) is 10.2 Å². The average molecular weight is 239 g/mol. The largest absolute Gasteiger partial charge is 0.384 e. The Morgan fingerprint density at radius 3 is 2.69 bits per heavy atom. The van der Waals surface area contributed by atoms with Gasteiger partial charge in [0.25, 0.3) is 0 Å². The summed E-state index contributed by atoms with van der Waals surface area (Å²) >= 11 is 6.03. The summed E-state index contributed by atoms with van der Waals surface area (Å²) in [5, 5.41) is 8.08. The maximum atomic E-state index is 6.03. The number of hydrogen-bond donors (Lipinski definition) is 3. The minimum atomic E-state index is -0.171. The van der Waals surface area contributed by atoms with Gasteiger partial charge < -0.3 is 11.5 Å². The number of halogens is 1. The highest BCUT2D eigenvalue weighted by Crippen LogP contribution is 2.32. The number of nitrogens with two attached hydrogens (primary N) is 2. The molecule has 1 saturated heterocycles. The molecule has 0 saturated carbocycles. The molecule has 16 heavy (non-hydrogen) atoms. The first-order chi connectivity index (χ1) is 7.68. The predicted octanol–water partition coefficient (Wildman–Crippen LogP) is 0.139. The lowest BCUT2D eigenvalue weighted by atomic mass is 10.2. The van der Waals surface area contributed by atoms with E-state index in [0.29, 0.717) is 10.9 Å². The van der Waals surface area contributed by atoms with Gasteiger partial charge in [-0.1, -0.05) is 23.7 Å². The second-order valence-corrected chi connectivity index (χ2v) is 4.12. The van der Waals surface area contributed by atoms with Crippen LogP contribution in [-0.2, 0) is 0 Å². The van der Waals surface area contributed by atoms with E-state index in [0.717, 1.165) is 5.69 Å². The highest BCUT2D eigenvalue weighted by atomic mass is 35.5. The molecule has 3 heterocycles. The van der Waals surface area contributed by atoms with Gasteiger partial charge in [-0.3, -0.25) is 5.43 Å². The van der Waals surface area contributed by atoms with Crippen molar-refractivity contribution < 1.29 is 0 Å². The second-order valence-electron chi connectivity index (χ2n) is 3.72. The van der Waals surface area contributed by atoms with Crippen LogP contribution in [0.5, 0.6) is 0 Å². The summed E-state index contributed by atoms with van der Waals surface area (Å²) in [4.78, 5) is 0. The number of benzene rings is 1. The zero-order valence-electron chi connectivity index (χ0n) is 8.34. The number of anilines is 1. The van der Waals surface area contributed by atoms with Crippen molar-refractivity contribution in [2.45, 2.75) is 12.2 Å². The molecule has 2 bridgehead atoms. The lowest BCUT2D eigenvalue weighted by molar-refractivity contribution is -0.143. The van der Waals surface area contributed by atoms with Crippen molar-refractivity contribution in [3.8, 4) is 0 Å².